The molecule has 0 aliphatic carbocycles. The fraction of sp³-hybridized carbons (Fsp3) is 0.588. The number of alkyl halides is 3. The number of amides is 1. The molecule has 0 radical (unpaired) electrons. The van der Waals surface area contributed by atoms with Gasteiger partial charge >= 0.3 is 6.18 Å². The summed E-state index contributed by atoms with van der Waals surface area (Å²) in [7, 11) is 0. The zero-order valence-corrected chi connectivity index (χ0v) is 15.8. The second-order valence-electron chi connectivity index (χ2n) is 7.06. The summed E-state index contributed by atoms with van der Waals surface area (Å²) in [4.78, 5) is 24.9. The molecule has 2 heterocycles. The molecular weight excluding hydrogens is 403 g/mol. The number of carbonyl (C=O) groups excluding carboxylic acids is 1. The number of piperidine rings is 1. The number of carbonyl (C=O) groups is 1. The summed E-state index contributed by atoms with van der Waals surface area (Å²) in [5.41, 5.74) is -0.525. The van der Waals surface area contributed by atoms with Gasteiger partial charge in [0.1, 0.15) is 11.3 Å². The molecule has 2 fully saturated rings. The van der Waals surface area contributed by atoms with Crippen LogP contribution in [0, 0.1) is 15.5 Å². The number of benzene rings is 1. The Morgan fingerprint density at radius 3 is 2.50 bits per heavy atom. The number of likely N-dealkylation sites (tertiary alicyclic amines) is 1. The number of ether oxygens (including phenoxy) is 1. The molecule has 0 saturated carbocycles. The molecule has 0 aromatic heterocycles. The van der Waals surface area contributed by atoms with Gasteiger partial charge in [-0.3, -0.25) is 14.9 Å². The van der Waals surface area contributed by atoms with Gasteiger partial charge in [-0.15, -0.1) is 12.4 Å². The molecule has 2 saturated heterocycles. The highest BCUT2D eigenvalue weighted by Gasteiger charge is 2.39. The van der Waals surface area contributed by atoms with Gasteiger partial charge in [-0.25, -0.2) is 0 Å². The second kappa shape index (κ2) is 8.52. The van der Waals surface area contributed by atoms with Crippen molar-refractivity contribution in [1.82, 2.24) is 10.2 Å². The van der Waals surface area contributed by atoms with E-state index in [9.17, 15) is 28.1 Å². The maximum atomic E-state index is 12.8. The van der Waals surface area contributed by atoms with Crippen molar-refractivity contribution >= 4 is 24.0 Å². The summed E-state index contributed by atoms with van der Waals surface area (Å²) in [6.45, 7) is 1.24. The molecule has 1 amide bonds. The molecule has 156 valence electrons. The Morgan fingerprint density at radius 2 is 1.96 bits per heavy atom. The highest BCUT2D eigenvalue weighted by atomic mass is 35.5. The molecule has 11 heteroatoms. The van der Waals surface area contributed by atoms with E-state index in [0.717, 1.165) is 50.6 Å². The molecule has 1 N–H and O–H groups in total. The number of nitrogens with zero attached hydrogens (tertiary/aromatic N) is 2. The van der Waals surface area contributed by atoms with Gasteiger partial charge in [0, 0.05) is 25.7 Å². The van der Waals surface area contributed by atoms with Gasteiger partial charge in [-0.1, -0.05) is 0 Å². The van der Waals surface area contributed by atoms with Crippen LogP contribution in [0.3, 0.4) is 0 Å². The summed E-state index contributed by atoms with van der Waals surface area (Å²) < 4.78 is 41.6. The lowest BCUT2D eigenvalue weighted by Crippen LogP contribution is -2.44. The van der Waals surface area contributed by atoms with Gasteiger partial charge in [-0.2, -0.15) is 13.2 Å². The van der Waals surface area contributed by atoms with E-state index in [4.69, 9.17) is 0 Å². The average Bonchev–Trinajstić information content (AvgIpc) is 3.07. The van der Waals surface area contributed by atoms with E-state index in [-0.39, 0.29) is 29.1 Å². The molecule has 0 bridgehead atoms. The summed E-state index contributed by atoms with van der Waals surface area (Å²) >= 11 is 0. The van der Waals surface area contributed by atoms with Gasteiger partial charge in [-0.05, 0) is 43.4 Å². The van der Waals surface area contributed by atoms with Gasteiger partial charge in [0.25, 0.3) is 11.6 Å². The third-order valence-electron chi connectivity index (χ3n) is 5.24. The normalized spacial score (nSPS) is 18.6. The number of hydrogen-bond donors (Lipinski definition) is 1. The predicted octanol–water partition coefficient (Wildman–Crippen LogP) is 3.17. The van der Waals surface area contributed by atoms with Gasteiger partial charge in [0.2, 0.25) is 0 Å². The van der Waals surface area contributed by atoms with Crippen molar-refractivity contribution in [3.05, 3.63) is 33.9 Å². The van der Waals surface area contributed by atoms with E-state index in [2.05, 4.69) is 10.1 Å². The molecule has 2 aliphatic rings. The molecule has 28 heavy (non-hydrogen) atoms. The summed E-state index contributed by atoms with van der Waals surface area (Å²) in [5.74, 6) is -0.783. The van der Waals surface area contributed by atoms with Crippen LogP contribution in [0.2, 0.25) is 0 Å². The van der Waals surface area contributed by atoms with E-state index < -0.39 is 29.3 Å². The molecule has 1 aromatic rings. The number of hydrogen-bond acceptors (Lipinski definition) is 5. The van der Waals surface area contributed by atoms with Crippen LogP contribution < -0.4 is 10.1 Å². The SMILES string of the molecule is Cl.O=C(c1cc(OCC(F)(F)F)ccc1[N+](=O)[O-])N1CCC2(CCNC2)CC1. The molecular formula is C17H21ClF3N3O4. The first kappa shape index (κ1) is 22.2. The van der Waals surface area contributed by atoms with E-state index in [1.54, 1.807) is 0 Å². The first-order chi connectivity index (χ1) is 12.7. The molecule has 7 nitrogen and oxygen atoms in total. The highest BCUT2D eigenvalue weighted by molar-refractivity contribution is 5.98. The Balaban J connectivity index is 0.00000280. The van der Waals surface area contributed by atoms with E-state index in [0.29, 0.717) is 13.1 Å². The second-order valence-corrected chi connectivity index (χ2v) is 7.06. The van der Waals surface area contributed by atoms with Crippen molar-refractivity contribution in [2.75, 3.05) is 32.8 Å². The van der Waals surface area contributed by atoms with E-state index in [1.807, 2.05) is 0 Å². The van der Waals surface area contributed by atoms with Crippen LogP contribution >= 0.6 is 12.4 Å². The molecule has 3 rings (SSSR count). The molecule has 0 atom stereocenters. The molecule has 0 unspecified atom stereocenters. The number of halogens is 4. The maximum Gasteiger partial charge on any atom is 0.422 e. The Bertz CT molecular complexity index is 729. The average molecular weight is 424 g/mol. The van der Waals surface area contributed by atoms with Crippen molar-refractivity contribution in [3.8, 4) is 5.75 Å². The van der Waals surface area contributed by atoms with Crippen LogP contribution in [0.5, 0.6) is 5.75 Å². The summed E-state index contributed by atoms with van der Waals surface area (Å²) in [6, 6.07) is 3.09. The Hall–Kier alpha value is -2.07. The van der Waals surface area contributed by atoms with Gasteiger partial charge in [0.15, 0.2) is 6.61 Å². The zero-order chi connectivity index (χ0) is 19.7. The van der Waals surface area contributed by atoms with Crippen molar-refractivity contribution < 1.29 is 27.6 Å². The maximum absolute atomic E-state index is 12.8. The standard InChI is InChI=1S/C17H20F3N3O4.ClH/c18-17(19,20)11-27-12-1-2-14(23(25)26)13(9-12)15(24)22-7-4-16(5-8-22)3-6-21-10-16;/h1-2,9,21H,3-8,10-11H2;1H. The minimum atomic E-state index is -4.54. The van der Waals surface area contributed by atoms with Gasteiger partial charge < -0.3 is 15.0 Å². The topological polar surface area (TPSA) is 84.7 Å². The Morgan fingerprint density at radius 1 is 1.29 bits per heavy atom. The van der Waals surface area contributed by atoms with Crippen molar-refractivity contribution in [2.24, 2.45) is 5.41 Å². The third-order valence-corrected chi connectivity index (χ3v) is 5.24. The van der Waals surface area contributed by atoms with Crippen molar-refractivity contribution in [2.45, 2.75) is 25.4 Å². The first-order valence-corrected chi connectivity index (χ1v) is 8.67. The van der Waals surface area contributed by atoms with Crippen LogP contribution in [0.1, 0.15) is 29.6 Å². The summed E-state index contributed by atoms with van der Waals surface area (Å²) in [5, 5.41) is 14.6. The minimum Gasteiger partial charge on any atom is -0.484 e. The summed E-state index contributed by atoms with van der Waals surface area (Å²) in [6.07, 6.45) is -1.91. The number of nitro benzene ring substituents is 1. The van der Waals surface area contributed by atoms with Crippen molar-refractivity contribution in [1.29, 1.82) is 0 Å². The lowest BCUT2D eigenvalue weighted by atomic mass is 9.78. The fourth-order valence-electron chi connectivity index (χ4n) is 3.68. The van der Waals surface area contributed by atoms with Gasteiger partial charge in [0.05, 0.1) is 4.92 Å². The quantitative estimate of drug-likeness (QED) is 0.594. The monoisotopic (exact) mass is 423 g/mol. The molecule has 2 aliphatic heterocycles. The number of nitrogens with one attached hydrogen (secondary N) is 1. The minimum absolute atomic E-state index is 0. The Kier molecular flexibility index (Phi) is 6.76. The first-order valence-electron chi connectivity index (χ1n) is 8.67. The lowest BCUT2D eigenvalue weighted by Gasteiger charge is -2.38. The van der Waals surface area contributed by atoms with Crippen LogP contribution in [-0.2, 0) is 0 Å². The molecule has 1 spiro atoms. The largest absolute Gasteiger partial charge is 0.484 e. The Labute approximate surface area is 165 Å². The molecule has 1 aromatic carbocycles. The van der Waals surface area contributed by atoms with Crippen LogP contribution in [-0.4, -0.2) is 54.7 Å². The van der Waals surface area contributed by atoms with Crippen molar-refractivity contribution in [3.63, 3.8) is 0 Å². The predicted molar refractivity (Wildman–Crippen MR) is 97.0 cm³/mol. The van der Waals surface area contributed by atoms with Crippen LogP contribution in [0.25, 0.3) is 0 Å². The highest BCUT2D eigenvalue weighted by Crippen LogP contribution is 2.38. The van der Waals surface area contributed by atoms with Crippen LogP contribution in [0.15, 0.2) is 18.2 Å². The number of rotatable bonds is 4. The fourth-order valence-corrected chi connectivity index (χ4v) is 3.68. The smallest absolute Gasteiger partial charge is 0.422 e. The van der Waals surface area contributed by atoms with E-state index >= 15 is 0 Å². The van der Waals surface area contributed by atoms with Crippen LogP contribution in [0.4, 0.5) is 18.9 Å². The third kappa shape index (κ3) is 5.05. The lowest BCUT2D eigenvalue weighted by molar-refractivity contribution is -0.385. The zero-order valence-electron chi connectivity index (χ0n) is 15.0. The van der Waals surface area contributed by atoms with E-state index in [1.165, 1.54) is 4.90 Å². The number of nitro groups is 1.